The lowest BCUT2D eigenvalue weighted by molar-refractivity contribution is 0.0967. The second kappa shape index (κ2) is 5.23. The third-order valence-corrected chi connectivity index (χ3v) is 4.01. The topological polar surface area (TPSA) is 38.3 Å². The van der Waals surface area contributed by atoms with Crippen molar-refractivity contribution in [2.45, 2.75) is 6.92 Å². The number of rotatable bonds is 3. The Kier molecular flexibility index (Phi) is 3.67. The van der Waals surface area contributed by atoms with Crippen LogP contribution in [0.15, 0.2) is 30.3 Å². The van der Waals surface area contributed by atoms with E-state index in [1.54, 1.807) is 14.2 Å². The molecule has 18 heavy (non-hydrogen) atoms. The molecule has 0 bridgehead atoms. The van der Waals surface area contributed by atoms with Crippen molar-refractivity contribution in [2.24, 2.45) is 0 Å². The molecule has 2 aromatic rings. The van der Waals surface area contributed by atoms with Gasteiger partial charge in [-0.15, -0.1) is 11.3 Å². The van der Waals surface area contributed by atoms with Crippen molar-refractivity contribution in [3.8, 4) is 16.2 Å². The molecule has 1 N–H and O–H groups in total. The minimum Gasteiger partial charge on any atom is -0.497 e. The number of thiophene rings is 1. The van der Waals surface area contributed by atoms with Crippen molar-refractivity contribution in [1.29, 1.82) is 0 Å². The summed E-state index contributed by atoms with van der Waals surface area (Å²) in [5.74, 6) is 0.794. The molecule has 1 aromatic carbocycles. The minimum absolute atomic E-state index is 0.0390. The molecule has 0 aliphatic rings. The smallest absolute Gasteiger partial charge is 0.261 e. The lowest BCUT2D eigenvalue weighted by atomic mass is 10.1. The predicted octanol–water partition coefficient (Wildman–Crippen LogP) is 3.09. The van der Waals surface area contributed by atoms with Crippen molar-refractivity contribution in [2.75, 3.05) is 14.2 Å². The first-order valence-corrected chi connectivity index (χ1v) is 6.44. The highest BCUT2D eigenvalue weighted by Gasteiger charge is 2.12. The first-order chi connectivity index (χ1) is 8.65. The largest absolute Gasteiger partial charge is 0.497 e. The molecule has 0 saturated carbocycles. The summed E-state index contributed by atoms with van der Waals surface area (Å²) in [6.45, 7) is 2.02. The van der Waals surface area contributed by atoms with E-state index in [4.69, 9.17) is 4.74 Å². The molecule has 0 saturated heterocycles. The molecule has 0 radical (unpaired) electrons. The third-order valence-electron chi connectivity index (χ3n) is 2.72. The van der Waals surface area contributed by atoms with Crippen LogP contribution in [0.25, 0.3) is 10.4 Å². The Morgan fingerprint density at radius 2 is 1.94 bits per heavy atom. The lowest BCUT2D eigenvalue weighted by Gasteiger charge is -2.02. The van der Waals surface area contributed by atoms with Gasteiger partial charge in [-0.25, -0.2) is 0 Å². The molecule has 1 heterocycles. The van der Waals surface area contributed by atoms with Crippen LogP contribution in [0.5, 0.6) is 5.75 Å². The SMILES string of the molecule is CNC(=O)c1cc(C)c(-c2ccc(OC)cc2)s1. The van der Waals surface area contributed by atoms with Gasteiger partial charge < -0.3 is 10.1 Å². The molecule has 0 spiro atoms. The maximum Gasteiger partial charge on any atom is 0.261 e. The molecule has 0 fully saturated rings. The normalized spacial score (nSPS) is 10.2. The second-order valence-electron chi connectivity index (χ2n) is 3.93. The Balaban J connectivity index is 2.37. The summed E-state index contributed by atoms with van der Waals surface area (Å²) in [5.41, 5.74) is 2.22. The Morgan fingerprint density at radius 3 is 2.50 bits per heavy atom. The quantitative estimate of drug-likeness (QED) is 0.922. The summed E-state index contributed by atoms with van der Waals surface area (Å²) < 4.78 is 5.14. The van der Waals surface area contributed by atoms with Gasteiger partial charge in [0.15, 0.2) is 0 Å². The van der Waals surface area contributed by atoms with Gasteiger partial charge >= 0.3 is 0 Å². The maximum atomic E-state index is 11.6. The average Bonchev–Trinajstić information content (AvgIpc) is 2.80. The zero-order valence-electron chi connectivity index (χ0n) is 10.6. The zero-order chi connectivity index (χ0) is 13.1. The first-order valence-electron chi connectivity index (χ1n) is 5.62. The van der Waals surface area contributed by atoms with Crippen LogP contribution in [-0.4, -0.2) is 20.1 Å². The molecular weight excluding hydrogens is 246 g/mol. The monoisotopic (exact) mass is 261 g/mol. The van der Waals surface area contributed by atoms with Gasteiger partial charge in [0, 0.05) is 11.9 Å². The minimum atomic E-state index is -0.0390. The van der Waals surface area contributed by atoms with Crippen LogP contribution in [0, 0.1) is 6.92 Å². The molecule has 0 aliphatic carbocycles. The van der Waals surface area contributed by atoms with Crippen LogP contribution in [0.4, 0.5) is 0 Å². The summed E-state index contributed by atoms with van der Waals surface area (Å²) in [4.78, 5) is 13.4. The van der Waals surface area contributed by atoms with Crippen molar-refractivity contribution in [3.63, 3.8) is 0 Å². The van der Waals surface area contributed by atoms with Crippen LogP contribution in [0.2, 0.25) is 0 Å². The van der Waals surface area contributed by atoms with E-state index in [0.29, 0.717) is 0 Å². The Hall–Kier alpha value is -1.81. The number of ether oxygens (including phenoxy) is 1. The number of amides is 1. The Morgan fingerprint density at radius 1 is 1.28 bits per heavy atom. The summed E-state index contributed by atoms with van der Waals surface area (Å²) >= 11 is 1.51. The van der Waals surface area contributed by atoms with Crippen LogP contribution < -0.4 is 10.1 Å². The summed E-state index contributed by atoms with van der Waals surface area (Å²) in [5, 5.41) is 2.64. The van der Waals surface area contributed by atoms with E-state index in [-0.39, 0.29) is 5.91 Å². The van der Waals surface area contributed by atoms with E-state index in [0.717, 1.165) is 26.6 Å². The van der Waals surface area contributed by atoms with Crippen molar-refractivity contribution in [3.05, 3.63) is 40.8 Å². The molecule has 1 amide bonds. The summed E-state index contributed by atoms with van der Waals surface area (Å²) in [7, 11) is 3.29. The van der Waals surface area contributed by atoms with E-state index in [1.165, 1.54) is 11.3 Å². The van der Waals surface area contributed by atoms with E-state index in [1.807, 2.05) is 37.3 Å². The van der Waals surface area contributed by atoms with Crippen LogP contribution in [0.1, 0.15) is 15.2 Å². The van der Waals surface area contributed by atoms with Gasteiger partial charge in [0.25, 0.3) is 5.91 Å². The molecule has 0 aliphatic heterocycles. The summed E-state index contributed by atoms with van der Waals surface area (Å²) in [6.07, 6.45) is 0. The molecule has 4 heteroatoms. The predicted molar refractivity (Wildman–Crippen MR) is 74.4 cm³/mol. The number of carbonyl (C=O) groups excluding carboxylic acids is 1. The second-order valence-corrected chi connectivity index (χ2v) is 4.98. The number of hydrogen-bond acceptors (Lipinski definition) is 3. The highest BCUT2D eigenvalue weighted by atomic mass is 32.1. The van der Waals surface area contributed by atoms with Crippen LogP contribution in [0.3, 0.4) is 0 Å². The standard InChI is InChI=1S/C14H15NO2S/c1-9-8-12(14(16)15-2)18-13(9)10-4-6-11(17-3)7-5-10/h4-8H,1-3H3,(H,15,16). The zero-order valence-corrected chi connectivity index (χ0v) is 11.4. The number of methoxy groups -OCH3 is 1. The van der Waals surface area contributed by atoms with E-state index >= 15 is 0 Å². The fourth-order valence-corrected chi connectivity index (χ4v) is 2.87. The number of benzene rings is 1. The van der Waals surface area contributed by atoms with Crippen molar-refractivity contribution < 1.29 is 9.53 Å². The van der Waals surface area contributed by atoms with Crippen molar-refractivity contribution in [1.82, 2.24) is 5.32 Å². The van der Waals surface area contributed by atoms with E-state index in [2.05, 4.69) is 5.32 Å². The molecule has 94 valence electrons. The third kappa shape index (κ3) is 2.38. The van der Waals surface area contributed by atoms with Gasteiger partial charge in [-0.05, 0) is 48.4 Å². The highest BCUT2D eigenvalue weighted by molar-refractivity contribution is 7.17. The van der Waals surface area contributed by atoms with Gasteiger partial charge in [-0.1, -0.05) is 0 Å². The Bertz CT molecular complexity index is 558. The van der Waals surface area contributed by atoms with E-state index in [9.17, 15) is 4.79 Å². The fourth-order valence-electron chi connectivity index (χ4n) is 1.75. The van der Waals surface area contributed by atoms with Crippen LogP contribution in [-0.2, 0) is 0 Å². The maximum absolute atomic E-state index is 11.6. The molecule has 3 nitrogen and oxygen atoms in total. The lowest BCUT2D eigenvalue weighted by Crippen LogP contribution is -2.16. The van der Waals surface area contributed by atoms with Gasteiger partial charge in [-0.3, -0.25) is 4.79 Å². The first kappa shape index (κ1) is 12.6. The number of hydrogen-bond donors (Lipinski definition) is 1. The molecule has 1 aromatic heterocycles. The van der Waals surface area contributed by atoms with Crippen LogP contribution >= 0.6 is 11.3 Å². The average molecular weight is 261 g/mol. The van der Waals surface area contributed by atoms with Gasteiger partial charge in [0.1, 0.15) is 5.75 Å². The number of aryl methyl sites for hydroxylation is 1. The molecular formula is C14H15NO2S. The number of carbonyl (C=O) groups is 1. The molecule has 0 atom stereocenters. The summed E-state index contributed by atoms with van der Waals surface area (Å²) in [6, 6.07) is 9.78. The van der Waals surface area contributed by atoms with Crippen molar-refractivity contribution >= 4 is 17.2 Å². The molecule has 2 rings (SSSR count). The molecule has 0 unspecified atom stereocenters. The van der Waals surface area contributed by atoms with E-state index < -0.39 is 0 Å². The number of nitrogens with one attached hydrogen (secondary N) is 1. The Labute approximate surface area is 110 Å². The van der Waals surface area contributed by atoms with Gasteiger partial charge in [0.05, 0.1) is 12.0 Å². The van der Waals surface area contributed by atoms with Gasteiger partial charge in [0.2, 0.25) is 0 Å². The highest BCUT2D eigenvalue weighted by Crippen LogP contribution is 2.33. The van der Waals surface area contributed by atoms with Gasteiger partial charge in [-0.2, -0.15) is 0 Å². The fraction of sp³-hybridized carbons (Fsp3) is 0.214.